The van der Waals surface area contributed by atoms with Gasteiger partial charge in [0.05, 0.1) is 17.8 Å². The summed E-state index contributed by atoms with van der Waals surface area (Å²) in [5.74, 6) is 0.794. The number of pyridine rings is 2. The standard InChI is InChI=1S/C23H23N5OS/c1-16-13-25-23(30-16)27-22-9-3-8-20(26-22)21-15-28(11-12-29-21)14-17-5-2-7-19-18(17)6-4-10-24-19/h2-10,13,21H,11-12,14-15H2,1H3,(H,25,26,27). The van der Waals surface area contributed by atoms with Gasteiger partial charge < -0.3 is 10.1 Å². The van der Waals surface area contributed by atoms with E-state index in [1.807, 2.05) is 43.6 Å². The van der Waals surface area contributed by atoms with Crippen LogP contribution in [0.25, 0.3) is 10.9 Å². The Balaban J connectivity index is 1.31. The highest BCUT2D eigenvalue weighted by atomic mass is 32.1. The number of fused-ring (bicyclic) bond motifs is 1. The molecule has 0 spiro atoms. The zero-order valence-corrected chi connectivity index (χ0v) is 17.6. The van der Waals surface area contributed by atoms with Crippen molar-refractivity contribution in [1.29, 1.82) is 0 Å². The summed E-state index contributed by atoms with van der Waals surface area (Å²) in [5, 5.41) is 5.36. The number of morpholine rings is 1. The zero-order valence-electron chi connectivity index (χ0n) is 16.8. The molecule has 5 rings (SSSR count). The summed E-state index contributed by atoms with van der Waals surface area (Å²) < 4.78 is 6.07. The third kappa shape index (κ3) is 4.18. The predicted molar refractivity (Wildman–Crippen MR) is 120 cm³/mol. The van der Waals surface area contributed by atoms with Crippen LogP contribution < -0.4 is 5.32 Å². The molecule has 30 heavy (non-hydrogen) atoms. The molecule has 1 aliphatic heterocycles. The maximum atomic E-state index is 6.07. The molecule has 1 fully saturated rings. The molecule has 3 aromatic heterocycles. The molecule has 1 saturated heterocycles. The second-order valence-corrected chi connectivity index (χ2v) is 8.67. The Morgan fingerprint density at radius 2 is 2.07 bits per heavy atom. The highest BCUT2D eigenvalue weighted by molar-refractivity contribution is 7.15. The van der Waals surface area contributed by atoms with Crippen LogP contribution >= 0.6 is 11.3 Å². The average Bonchev–Trinajstić information content (AvgIpc) is 3.19. The van der Waals surface area contributed by atoms with Crippen LogP contribution in [0.4, 0.5) is 10.9 Å². The first-order chi connectivity index (χ1) is 14.7. The number of aromatic nitrogens is 3. The fraction of sp³-hybridized carbons (Fsp3) is 0.261. The van der Waals surface area contributed by atoms with Crippen LogP contribution in [0.3, 0.4) is 0 Å². The topological polar surface area (TPSA) is 63.2 Å². The van der Waals surface area contributed by atoms with Gasteiger partial charge in [-0.25, -0.2) is 9.97 Å². The number of ether oxygens (including phenoxy) is 1. The minimum Gasteiger partial charge on any atom is -0.369 e. The van der Waals surface area contributed by atoms with Crippen molar-refractivity contribution in [3.05, 3.63) is 77.1 Å². The number of nitrogens with zero attached hydrogens (tertiary/aromatic N) is 4. The van der Waals surface area contributed by atoms with Crippen molar-refractivity contribution >= 4 is 33.2 Å². The lowest BCUT2D eigenvalue weighted by Gasteiger charge is -2.33. The number of hydrogen-bond donors (Lipinski definition) is 1. The quantitative estimate of drug-likeness (QED) is 0.507. The molecule has 1 aliphatic rings. The van der Waals surface area contributed by atoms with E-state index in [1.54, 1.807) is 11.3 Å². The first kappa shape index (κ1) is 19.1. The van der Waals surface area contributed by atoms with Crippen molar-refractivity contribution in [3.63, 3.8) is 0 Å². The predicted octanol–water partition coefficient (Wildman–Crippen LogP) is 4.71. The Bertz CT molecular complexity index is 1160. The van der Waals surface area contributed by atoms with E-state index in [4.69, 9.17) is 9.72 Å². The van der Waals surface area contributed by atoms with Gasteiger partial charge in [0.25, 0.3) is 0 Å². The van der Waals surface area contributed by atoms with Crippen molar-refractivity contribution in [2.45, 2.75) is 19.6 Å². The van der Waals surface area contributed by atoms with Crippen LogP contribution in [0.1, 0.15) is 22.2 Å². The normalized spacial score (nSPS) is 17.3. The lowest BCUT2D eigenvalue weighted by atomic mass is 10.1. The minimum atomic E-state index is -0.0494. The highest BCUT2D eigenvalue weighted by Gasteiger charge is 2.24. The summed E-state index contributed by atoms with van der Waals surface area (Å²) >= 11 is 1.62. The number of aryl methyl sites for hydroxylation is 1. The molecule has 1 N–H and O–H groups in total. The summed E-state index contributed by atoms with van der Waals surface area (Å²) in [6, 6.07) is 16.5. The largest absolute Gasteiger partial charge is 0.369 e. The van der Waals surface area contributed by atoms with Crippen LogP contribution in [0.2, 0.25) is 0 Å². The molecular weight excluding hydrogens is 394 g/mol. The van der Waals surface area contributed by atoms with Crippen molar-refractivity contribution in [1.82, 2.24) is 19.9 Å². The fourth-order valence-corrected chi connectivity index (χ4v) is 4.46. The van der Waals surface area contributed by atoms with E-state index in [0.29, 0.717) is 6.61 Å². The molecule has 4 aromatic rings. The molecule has 6 nitrogen and oxygen atoms in total. The minimum absolute atomic E-state index is 0.0494. The lowest BCUT2D eigenvalue weighted by Crippen LogP contribution is -2.38. The Morgan fingerprint density at radius 1 is 1.13 bits per heavy atom. The third-order valence-electron chi connectivity index (χ3n) is 5.24. The van der Waals surface area contributed by atoms with Gasteiger partial charge in [-0.2, -0.15) is 0 Å². The van der Waals surface area contributed by atoms with E-state index >= 15 is 0 Å². The number of benzene rings is 1. The van der Waals surface area contributed by atoms with Crippen LogP contribution in [0, 0.1) is 6.92 Å². The van der Waals surface area contributed by atoms with E-state index in [0.717, 1.165) is 41.8 Å². The Morgan fingerprint density at radius 3 is 2.97 bits per heavy atom. The molecule has 1 aromatic carbocycles. The third-order valence-corrected chi connectivity index (χ3v) is 6.07. The number of thiazole rings is 1. The van der Waals surface area contributed by atoms with E-state index in [-0.39, 0.29) is 6.10 Å². The van der Waals surface area contributed by atoms with Crippen LogP contribution in [-0.2, 0) is 11.3 Å². The summed E-state index contributed by atoms with van der Waals surface area (Å²) in [7, 11) is 0. The average molecular weight is 418 g/mol. The first-order valence-electron chi connectivity index (χ1n) is 10.1. The molecule has 1 atom stereocenters. The van der Waals surface area contributed by atoms with Crippen molar-refractivity contribution in [2.75, 3.05) is 25.0 Å². The van der Waals surface area contributed by atoms with Gasteiger partial charge >= 0.3 is 0 Å². The molecule has 0 aliphatic carbocycles. The molecule has 0 saturated carbocycles. The number of anilines is 2. The van der Waals surface area contributed by atoms with Gasteiger partial charge in [0.2, 0.25) is 0 Å². The second-order valence-electron chi connectivity index (χ2n) is 7.43. The van der Waals surface area contributed by atoms with E-state index in [9.17, 15) is 0 Å². The van der Waals surface area contributed by atoms with Gasteiger partial charge in [-0.05, 0) is 36.8 Å². The van der Waals surface area contributed by atoms with Crippen molar-refractivity contribution < 1.29 is 4.74 Å². The molecule has 0 bridgehead atoms. The van der Waals surface area contributed by atoms with E-state index in [1.165, 1.54) is 15.8 Å². The monoisotopic (exact) mass is 417 g/mol. The van der Waals surface area contributed by atoms with Crippen LogP contribution in [-0.4, -0.2) is 39.5 Å². The molecular formula is C23H23N5OS. The molecule has 1 unspecified atom stereocenters. The summed E-state index contributed by atoms with van der Waals surface area (Å²) in [6.07, 6.45) is 3.66. The van der Waals surface area contributed by atoms with Crippen LogP contribution in [0.15, 0.2) is 60.9 Å². The number of hydrogen-bond acceptors (Lipinski definition) is 7. The van der Waals surface area contributed by atoms with Gasteiger partial charge in [-0.1, -0.05) is 24.3 Å². The highest BCUT2D eigenvalue weighted by Crippen LogP contribution is 2.26. The molecule has 7 heteroatoms. The smallest absolute Gasteiger partial charge is 0.188 e. The van der Waals surface area contributed by atoms with Gasteiger partial charge in [0.1, 0.15) is 11.9 Å². The molecule has 0 radical (unpaired) electrons. The Kier molecular flexibility index (Phi) is 5.40. The van der Waals surface area contributed by atoms with Crippen molar-refractivity contribution in [3.8, 4) is 0 Å². The zero-order chi connectivity index (χ0) is 20.3. The summed E-state index contributed by atoms with van der Waals surface area (Å²) in [5.41, 5.74) is 3.28. The summed E-state index contributed by atoms with van der Waals surface area (Å²) in [6.45, 7) is 5.33. The fourth-order valence-electron chi connectivity index (χ4n) is 3.79. The van der Waals surface area contributed by atoms with Crippen molar-refractivity contribution in [2.24, 2.45) is 0 Å². The molecule has 0 amide bonds. The maximum absolute atomic E-state index is 6.07. The van der Waals surface area contributed by atoms with Gasteiger partial charge in [-0.3, -0.25) is 9.88 Å². The first-order valence-corrected chi connectivity index (χ1v) is 10.9. The lowest BCUT2D eigenvalue weighted by molar-refractivity contribution is -0.0348. The number of nitrogens with one attached hydrogen (secondary N) is 1. The summed E-state index contributed by atoms with van der Waals surface area (Å²) in [4.78, 5) is 17.2. The van der Waals surface area contributed by atoms with Gasteiger partial charge in [-0.15, -0.1) is 11.3 Å². The van der Waals surface area contributed by atoms with E-state index < -0.39 is 0 Å². The molecule has 4 heterocycles. The Hall–Kier alpha value is -2.87. The second kappa shape index (κ2) is 8.47. The van der Waals surface area contributed by atoms with Crippen LogP contribution in [0.5, 0.6) is 0 Å². The van der Waals surface area contributed by atoms with Gasteiger partial charge in [0, 0.05) is 42.3 Å². The number of rotatable bonds is 5. The van der Waals surface area contributed by atoms with E-state index in [2.05, 4.69) is 44.5 Å². The molecule has 152 valence electrons. The maximum Gasteiger partial charge on any atom is 0.188 e. The Labute approximate surface area is 179 Å². The SMILES string of the molecule is Cc1cnc(Nc2cccc(C3CN(Cc4cccc5ncccc45)CCO3)n2)s1. The van der Waals surface area contributed by atoms with Gasteiger partial charge in [0.15, 0.2) is 5.13 Å².